The number of nitro groups is 2. The van der Waals surface area contributed by atoms with Gasteiger partial charge in [0.1, 0.15) is 0 Å². The molecule has 15 atom stereocenters. The Labute approximate surface area is 423 Å². The zero-order valence-corrected chi connectivity index (χ0v) is 44.4. The first-order valence-electron chi connectivity index (χ1n) is 27.8. The van der Waals surface area contributed by atoms with Crippen LogP contribution in [0.15, 0.2) is 33.9 Å². The van der Waals surface area contributed by atoms with Crippen LogP contribution in [0.2, 0.25) is 0 Å². The van der Waals surface area contributed by atoms with E-state index >= 15 is 0 Å². The van der Waals surface area contributed by atoms with Crippen LogP contribution in [0.4, 0.5) is 0 Å². The molecule has 2 N–H and O–H groups in total. The molecule has 0 amide bonds. The van der Waals surface area contributed by atoms with Crippen molar-refractivity contribution in [3.8, 4) is 0 Å². The van der Waals surface area contributed by atoms with Crippen molar-refractivity contribution in [1.29, 1.82) is 0 Å². The van der Waals surface area contributed by atoms with Crippen LogP contribution < -0.4 is 0 Å². The number of hydrogen-bond donors (Lipinski definition) is 2. The van der Waals surface area contributed by atoms with Gasteiger partial charge in [-0.2, -0.15) is 0 Å². The molecule has 0 aromatic rings. The SMILES string of the molecule is C1=CC(C=NCC2CCC3CCC4CCCC5CCC2C3C45)[N-]C(C=NCC2CCC3CCC4CCCC5CCC2C3C45)=C1.O=C(O)C1CCC([N+](=O)[O-])CC1.O=C(O)C1CCC([N+](=O)[O-])CC1.[Zn]. The Morgan fingerprint density at radius 1 is 0.551 bits per heavy atom. The van der Waals surface area contributed by atoms with E-state index in [1.807, 2.05) is 0 Å². The smallest absolute Gasteiger partial charge is 0.306 e. The molecule has 0 saturated heterocycles. The molecule has 69 heavy (non-hydrogen) atoms. The number of rotatable bonds is 10. The molecule has 378 valence electrons. The minimum atomic E-state index is -0.822. The molecule has 1 aliphatic heterocycles. The van der Waals surface area contributed by atoms with E-state index in [9.17, 15) is 29.8 Å². The van der Waals surface area contributed by atoms with Gasteiger partial charge in [-0.15, -0.1) is 5.70 Å². The van der Waals surface area contributed by atoms with E-state index in [4.69, 9.17) is 25.5 Å². The molecule has 0 aromatic carbocycles. The van der Waals surface area contributed by atoms with Crippen molar-refractivity contribution in [2.75, 3.05) is 13.1 Å². The average molecular weight is 1010 g/mol. The van der Waals surface area contributed by atoms with Crippen LogP contribution in [0.5, 0.6) is 0 Å². The van der Waals surface area contributed by atoms with Gasteiger partial charge in [0.15, 0.2) is 0 Å². The van der Waals surface area contributed by atoms with Gasteiger partial charge in [0, 0.05) is 74.3 Å². The van der Waals surface area contributed by atoms with Crippen LogP contribution in [0.1, 0.15) is 167 Å². The molecule has 15 unspecified atom stereocenters. The summed E-state index contributed by atoms with van der Waals surface area (Å²) in [5.41, 5.74) is 1.05. The van der Waals surface area contributed by atoms with Crippen molar-refractivity contribution in [3.05, 3.63) is 49.5 Å². The number of carbonyl (C=O) groups is 2. The van der Waals surface area contributed by atoms with Crippen molar-refractivity contribution in [3.63, 3.8) is 0 Å². The first-order chi connectivity index (χ1) is 33.0. The van der Waals surface area contributed by atoms with E-state index in [1.54, 1.807) is 12.8 Å². The summed E-state index contributed by atoms with van der Waals surface area (Å²) in [4.78, 5) is 51.1. The molecule has 10 fully saturated rings. The standard InChI is InChI=1S/C41H60N3.2C7H11NO4.Zn/c1-4-26-10-12-30-14-16-32(36-20-18-28(6-1)38(26)40(30)36)22-42-24-34-8-3-9-35(44-34)25-43-23-33-17-15-31-13-11-27-5-2-7-29-19-21-37(33)41(31)39(27)29;2*9-7(10)5-1-3-6(4-2-5)8(11)12;/h3,8-9,24-34,36-41H,1-2,4-7,10-23H2;2*5-6H,1-4H2,(H,9,10);/q-1;;;. The summed E-state index contributed by atoms with van der Waals surface area (Å²) in [5, 5.41) is 42.8. The van der Waals surface area contributed by atoms with Gasteiger partial charge in [-0.3, -0.25) is 39.8 Å². The number of allylic oxidation sites excluding steroid dienone is 3. The molecule has 0 radical (unpaired) electrons. The van der Waals surface area contributed by atoms with Crippen LogP contribution in [-0.2, 0) is 29.1 Å². The summed E-state index contributed by atoms with van der Waals surface area (Å²) < 4.78 is 0. The van der Waals surface area contributed by atoms with E-state index in [-0.39, 0.29) is 47.2 Å². The molecular formula is C55H82N5O8Zn-. The molecule has 14 heteroatoms. The second-order valence-corrected chi connectivity index (χ2v) is 23.9. The van der Waals surface area contributed by atoms with Gasteiger partial charge in [0.2, 0.25) is 12.1 Å². The molecule has 11 rings (SSSR count). The number of aliphatic carboxylic acids is 2. The molecule has 13 nitrogen and oxygen atoms in total. The fourth-order valence-electron chi connectivity index (χ4n) is 17.6. The second-order valence-electron chi connectivity index (χ2n) is 23.9. The molecule has 10 aliphatic carbocycles. The molecule has 11 aliphatic rings. The van der Waals surface area contributed by atoms with E-state index in [2.05, 4.69) is 30.7 Å². The second kappa shape index (κ2) is 24.1. The normalized spacial score (nSPS) is 42.8. The van der Waals surface area contributed by atoms with Crippen LogP contribution in [-0.4, -0.2) is 75.6 Å². The third-order valence-corrected chi connectivity index (χ3v) is 20.8. The predicted octanol–water partition coefficient (Wildman–Crippen LogP) is 11.9. The maximum atomic E-state index is 10.5. The quantitative estimate of drug-likeness (QED) is 0.0931. The Morgan fingerprint density at radius 2 is 0.942 bits per heavy atom. The predicted molar refractivity (Wildman–Crippen MR) is 264 cm³/mol. The monoisotopic (exact) mass is 1000 g/mol. The van der Waals surface area contributed by atoms with E-state index in [0.29, 0.717) is 51.4 Å². The molecule has 0 aromatic heterocycles. The Hall–Kier alpha value is -3.02. The maximum absolute atomic E-state index is 10.5. The summed E-state index contributed by atoms with van der Waals surface area (Å²) in [6.07, 6.45) is 41.5. The van der Waals surface area contributed by atoms with Crippen molar-refractivity contribution in [1.82, 2.24) is 0 Å². The summed E-state index contributed by atoms with van der Waals surface area (Å²) in [6.45, 7) is 2.07. The van der Waals surface area contributed by atoms with Gasteiger partial charge < -0.3 is 15.5 Å². The van der Waals surface area contributed by atoms with Crippen molar-refractivity contribution in [2.24, 2.45) is 105 Å². The van der Waals surface area contributed by atoms with Crippen molar-refractivity contribution in [2.45, 2.75) is 185 Å². The summed E-state index contributed by atoms with van der Waals surface area (Å²) >= 11 is 0. The zero-order chi connectivity index (χ0) is 47.3. The Balaban J connectivity index is 0.000000211. The molecule has 10 saturated carbocycles. The van der Waals surface area contributed by atoms with E-state index in [0.717, 1.165) is 102 Å². The fraction of sp³-hybridized carbons (Fsp3) is 0.855. The van der Waals surface area contributed by atoms with Gasteiger partial charge in [-0.1, -0.05) is 62.8 Å². The Bertz CT molecular complexity index is 1790. The summed E-state index contributed by atoms with van der Waals surface area (Å²) in [6, 6.07) is -0.941. The van der Waals surface area contributed by atoms with E-state index in [1.165, 1.54) is 103 Å². The van der Waals surface area contributed by atoms with Crippen LogP contribution >= 0.6 is 0 Å². The molecule has 1 heterocycles. The van der Waals surface area contributed by atoms with E-state index < -0.39 is 24.0 Å². The van der Waals surface area contributed by atoms with Gasteiger partial charge >= 0.3 is 11.9 Å². The van der Waals surface area contributed by atoms with Gasteiger partial charge in [-0.25, -0.2) is 0 Å². The summed E-state index contributed by atoms with van der Waals surface area (Å²) in [7, 11) is 0. The Kier molecular flexibility index (Phi) is 18.3. The van der Waals surface area contributed by atoms with Crippen LogP contribution in [0.3, 0.4) is 0 Å². The third kappa shape index (κ3) is 12.3. The minimum Gasteiger partial charge on any atom is -0.673 e. The number of nitrogens with zero attached hydrogens (tertiary/aromatic N) is 5. The van der Waals surface area contributed by atoms with Crippen molar-refractivity contribution < 1.29 is 49.1 Å². The molecule has 0 bridgehead atoms. The zero-order valence-electron chi connectivity index (χ0n) is 41.4. The first-order valence-corrected chi connectivity index (χ1v) is 27.8. The molecular weight excluding hydrogens is 924 g/mol. The van der Waals surface area contributed by atoms with Gasteiger partial charge in [0.05, 0.1) is 11.8 Å². The maximum Gasteiger partial charge on any atom is 0.306 e. The topological polar surface area (TPSA) is 200 Å². The third-order valence-electron chi connectivity index (χ3n) is 20.8. The fourth-order valence-corrected chi connectivity index (χ4v) is 17.6. The first kappa shape index (κ1) is 52.3. The Morgan fingerprint density at radius 3 is 1.36 bits per heavy atom. The average Bonchev–Trinajstić information content (AvgIpc) is 3.36. The summed E-state index contributed by atoms with van der Waals surface area (Å²) in [5.74, 6) is 11.8. The number of aliphatic imine (C=N–C) groups is 2. The van der Waals surface area contributed by atoms with Crippen LogP contribution in [0, 0.1) is 115 Å². The number of carboxylic acid groups (broad SMARTS) is 2. The minimum absolute atomic E-state index is 0. The van der Waals surface area contributed by atoms with Crippen molar-refractivity contribution >= 4 is 24.4 Å². The van der Waals surface area contributed by atoms with Gasteiger partial charge in [-0.05, 0) is 192 Å². The largest absolute Gasteiger partial charge is 0.673 e. The van der Waals surface area contributed by atoms with Gasteiger partial charge in [0.25, 0.3) is 0 Å². The number of hydrogen-bond acceptors (Lipinski definition) is 8. The molecule has 0 spiro atoms. The number of carboxylic acids is 2. The van der Waals surface area contributed by atoms with Crippen LogP contribution in [0.25, 0.3) is 5.32 Å².